The smallest absolute Gasteiger partial charge is 0.159 e. The number of benzene rings is 5. The number of rotatable bonds is 1. The Morgan fingerprint density at radius 3 is 2.21 bits per heavy atom. The first-order valence-corrected chi connectivity index (χ1v) is 11.9. The van der Waals surface area contributed by atoms with Crippen molar-refractivity contribution in [1.82, 2.24) is 4.57 Å². The molecule has 0 spiro atoms. The van der Waals surface area contributed by atoms with Gasteiger partial charge in [0.25, 0.3) is 0 Å². The quantitative estimate of drug-likeness (QED) is 0.249. The maximum Gasteiger partial charge on any atom is 0.159 e. The molecule has 3 heterocycles. The topological polar surface area (TPSA) is 18.1 Å². The van der Waals surface area contributed by atoms with E-state index in [2.05, 4.69) is 95.6 Å². The number of hydrogen-bond donors (Lipinski definition) is 0. The van der Waals surface area contributed by atoms with Crippen molar-refractivity contribution in [2.24, 2.45) is 0 Å². The Morgan fingerprint density at radius 2 is 1.27 bits per heavy atom. The second kappa shape index (κ2) is 6.25. The van der Waals surface area contributed by atoms with E-state index in [1.54, 1.807) is 0 Å². The highest BCUT2D eigenvalue weighted by atomic mass is 32.1. The summed E-state index contributed by atoms with van der Waals surface area (Å²) in [6.07, 6.45) is 0. The standard InChI is InChI=1S/C30H17NOS/c1-4-12-24-18(8-1)22-16-23-20-10-3-6-15-28(20)33-29(23)17-26(22)31(24)25-13-7-11-21-19-9-2-5-14-27(19)32-30(21)25/h1-17H. The van der Waals surface area contributed by atoms with E-state index < -0.39 is 0 Å². The summed E-state index contributed by atoms with van der Waals surface area (Å²) >= 11 is 1.86. The molecule has 5 aromatic carbocycles. The Hall–Kier alpha value is -4.08. The molecule has 0 aliphatic heterocycles. The molecule has 154 valence electrons. The SMILES string of the molecule is c1ccc2c(c1)oc1c(-n3c4ccccc4c4cc5c(cc43)sc3ccccc35)cccc12. The van der Waals surface area contributed by atoms with Crippen LogP contribution in [0.3, 0.4) is 0 Å². The monoisotopic (exact) mass is 439 g/mol. The molecule has 0 aliphatic rings. The van der Waals surface area contributed by atoms with Crippen LogP contribution in [0.5, 0.6) is 0 Å². The molecule has 2 nitrogen and oxygen atoms in total. The van der Waals surface area contributed by atoms with Crippen molar-refractivity contribution < 1.29 is 4.42 Å². The maximum atomic E-state index is 6.42. The fourth-order valence-corrected chi connectivity index (χ4v) is 6.48. The Bertz CT molecular complexity index is 2040. The molecule has 0 bridgehead atoms. The van der Waals surface area contributed by atoms with Gasteiger partial charge in [0, 0.05) is 41.7 Å². The summed E-state index contributed by atoms with van der Waals surface area (Å²) in [5, 5.41) is 7.50. The number of nitrogens with zero attached hydrogens (tertiary/aromatic N) is 1. The van der Waals surface area contributed by atoms with Gasteiger partial charge >= 0.3 is 0 Å². The minimum atomic E-state index is 0.924. The lowest BCUT2D eigenvalue weighted by Gasteiger charge is -2.08. The lowest BCUT2D eigenvalue weighted by Crippen LogP contribution is -1.94. The van der Waals surface area contributed by atoms with Crippen molar-refractivity contribution >= 4 is 75.3 Å². The zero-order valence-corrected chi connectivity index (χ0v) is 18.4. The normalized spacial score (nSPS) is 12.2. The summed E-state index contributed by atoms with van der Waals surface area (Å²) < 4.78 is 11.4. The number of thiophene rings is 1. The molecule has 0 fully saturated rings. The van der Waals surface area contributed by atoms with Crippen LogP contribution < -0.4 is 0 Å². The van der Waals surface area contributed by atoms with E-state index >= 15 is 0 Å². The highest BCUT2D eigenvalue weighted by Crippen LogP contribution is 2.42. The summed E-state index contributed by atoms with van der Waals surface area (Å²) in [5.74, 6) is 0. The zero-order chi connectivity index (χ0) is 21.5. The summed E-state index contributed by atoms with van der Waals surface area (Å²) in [5.41, 5.74) is 5.34. The first-order valence-electron chi connectivity index (χ1n) is 11.1. The van der Waals surface area contributed by atoms with Crippen molar-refractivity contribution in [3.63, 3.8) is 0 Å². The molecule has 0 saturated carbocycles. The van der Waals surface area contributed by atoms with Crippen LogP contribution in [0.15, 0.2) is 108 Å². The van der Waals surface area contributed by atoms with Crippen LogP contribution in [-0.2, 0) is 0 Å². The van der Waals surface area contributed by atoms with Gasteiger partial charge in [-0.1, -0.05) is 66.7 Å². The van der Waals surface area contributed by atoms with Crippen molar-refractivity contribution in [3.8, 4) is 5.69 Å². The van der Waals surface area contributed by atoms with Crippen molar-refractivity contribution in [2.75, 3.05) is 0 Å². The predicted octanol–water partition coefficient (Wildman–Crippen LogP) is 9.05. The molecule has 0 amide bonds. The predicted molar refractivity (Wildman–Crippen MR) is 141 cm³/mol. The molecule has 3 aromatic heterocycles. The van der Waals surface area contributed by atoms with Gasteiger partial charge in [0.05, 0.1) is 16.7 Å². The zero-order valence-electron chi connectivity index (χ0n) is 17.6. The molecule has 0 radical (unpaired) electrons. The number of aromatic nitrogens is 1. The van der Waals surface area contributed by atoms with E-state index in [-0.39, 0.29) is 0 Å². The summed E-state index contributed by atoms with van der Waals surface area (Å²) in [4.78, 5) is 0. The van der Waals surface area contributed by atoms with E-state index in [0.717, 1.165) is 27.6 Å². The van der Waals surface area contributed by atoms with Gasteiger partial charge in [0.15, 0.2) is 5.58 Å². The van der Waals surface area contributed by atoms with Gasteiger partial charge in [-0.2, -0.15) is 0 Å². The van der Waals surface area contributed by atoms with Crippen LogP contribution in [-0.4, -0.2) is 4.57 Å². The Labute approximate surface area is 192 Å². The van der Waals surface area contributed by atoms with Gasteiger partial charge in [0.1, 0.15) is 5.58 Å². The Balaban J connectivity index is 1.57. The maximum absolute atomic E-state index is 6.42. The van der Waals surface area contributed by atoms with Gasteiger partial charge in [-0.15, -0.1) is 11.3 Å². The van der Waals surface area contributed by atoms with Gasteiger partial charge in [-0.3, -0.25) is 0 Å². The second-order valence-electron chi connectivity index (χ2n) is 8.57. The molecule has 33 heavy (non-hydrogen) atoms. The third-order valence-electron chi connectivity index (χ3n) is 6.80. The van der Waals surface area contributed by atoms with Gasteiger partial charge in [-0.05, 0) is 36.4 Å². The molecule has 3 heteroatoms. The molecule has 0 aliphatic carbocycles. The number of hydrogen-bond acceptors (Lipinski definition) is 2. The second-order valence-corrected chi connectivity index (χ2v) is 9.65. The van der Waals surface area contributed by atoms with Crippen LogP contribution in [0.4, 0.5) is 0 Å². The van der Waals surface area contributed by atoms with Crippen molar-refractivity contribution in [3.05, 3.63) is 103 Å². The summed E-state index contributed by atoms with van der Waals surface area (Å²) in [6.45, 7) is 0. The molecular formula is C30H17NOS. The first kappa shape index (κ1) is 17.5. The highest BCUT2D eigenvalue weighted by molar-refractivity contribution is 7.25. The molecule has 0 saturated heterocycles. The van der Waals surface area contributed by atoms with Gasteiger partial charge in [-0.25, -0.2) is 0 Å². The average molecular weight is 440 g/mol. The number of para-hydroxylation sites is 3. The minimum Gasteiger partial charge on any atom is -0.454 e. The van der Waals surface area contributed by atoms with Crippen LogP contribution in [0, 0.1) is 0 Å². The van der Waals surface area contributed by atoms with E-state index in [9.17, 15) is 0 Å². The molecule has 0 atom stereocenters. The number of furan rings is 1. The molecule has 0 N–H and O–H groups in total. The third kappa shape index (κ3) is 2.27. The Kier molecular flexibility index (Phi) is 3.31. The van der Waals surface area contributed by atoms with E-state index in [0.29, 0.717) is 0 Å². The van der Waals surface area contributed by atoms with E-state index in [4.69, 9.17) is 4.42 Å². The fraction of sp³-hybridized carbons (Fsp3) is 0. The molecule has 8 aromatic rings. The minimum absolute atomic E-state index is 0.924. The fourth-order valence-electron chi connectivity index (χ4n) is 5.36. The Morgan fingerprint density at radius 1 is 0.515 bits per heavy atom. The largest absolute Gasteiger partial charge is 0.454 e. The molecule has 0 unspecified atom stereocenters. The molecular weight excluding hydrogens is 422 g/mol. The first-order chi connectivity index (χ1) is 16.4. The summed E-state index contributed by atoms with van der Waals surface area (Å²) in [7, 11) is 0. The van der Waals surface area contributed by atoms with Crippen LogP contribution in [0.25, 0.3) is 69.6 Å². The van der Waals surface area contributed by atoms with Crippen LogP contribution >= 0.6 is 11.3 Å². The third-order valence-corrected chi connectivity index (χ3v) is 7.93. The van der Waals surface area contributed by atoms with Crippen molar-refractivity contribution in [1.29, 1.82) is 0 Å². The lowest BCUT2D eigenvalue weighted by atomic mass is 10.1. The van der Waals surface area contributed by atoms with Crippen molar-refractivity contribution in [2.45, 2.75) is 0 Å². The van der Waals surface area contributed by atoms with Gasteiger partial charge in [0.2, 0.25) is 0 Å². The summed E-state index contributed by atoms with van der Waals surface area (Å²) in [6, 6.07) is 36.9. The van der Waals surface area contributed by atoms with Crippen LogP contribution in [0.2, 0.25) is 0 Å². The molecule has 8 rings (SSSR count). The van der Waals surface area contributed by atoms with Crippen LogP contribution in [0.1, 0.15) is 0 Å². The van der Waals surface area contributed by atoms with E-state index in [1.165, 1.54) is 42.0 Å². The van der Waals surface area contributed by atoms with Gasteiger partial charge < -0.3 is 8.98 Å². The van der Waals surface area contributed by atoms with E-state index in [1.807, 2.05) is 23.5 Å². The average Bonchev–Trinajstić information content (AvgIpc) is 3.52. The highest BCUT2D eigenvalue weighted by Gasteiger charge is 2.18. The lowest BCUT2D eigenvalue weighted by molar-refractivity contribution is 0.666. The number of fused-ring (bicyclic) bond motifs is 9.